The summed E-state index contributed by atoms with van der Waals surface area (Å²) in [5, 5.41) is 24.3. The first kappa shape index (κ1) is 12.4. The third kappa shape index (κ3) is 2.99. The molecule has 0 saturated carbocycles. The predicted molar refractivity (Wildman–Crippen MR) is 71.2 cm³/mol. The second kappa shape index (κ2) is 5.52. The summed E-state index contributed by atoms with van der Waals surface area (Å²) in [6.07, 6.45) is 5.11. The van der Waals surface area contributed by atoms with Gasteiger partial charge >= 0.3 is 0 Å². The number of nitriles is 2. The Bertz CT molecular complexity index is 664. The molecule has 0 spiro atoms. The summed E-state index contributed by atoms with van der Waals surface area (Å²) in [4.78, 5) is 0. The maximum Gasteiger partial charge on any atom is 0.145 e. The number of aromatic nitrogens is 2. The fourth-order valence-corrected chi connectivity index (χ4v) is 1.51. The van der Waals surface area contributed by atoms with E-state index in [-0.39, 0.29) is 5.57 Å². The van der Waals surface area contributed by atoms with Crippen LogP contribution in [0, 0.1) is 29.6 Å². The van der Waals surface area contributed by atoms with Gasteiger partial charge in [-0.05, 0) is 36.8 Å². The lowest BCUT2D eigenvalue weighted by atomic mass is 10.2. The normalized spacial score (nSPS) is 9.21. The summed E-state index contributed by atoms with van der Waals surface area (Å²) in [6.45, 7) is 1.98. The van der Waals surface area contributed by atoms with E-state index in [9.17, 15) is 0 Å². The monoisotopic (exact) mass is 249 g/mol. The van der Waals surface area contributed by atoms with Crippen molar-refractivity contribution in [3.63, 3.8) is 0 Å². The Labute approximate surface area is 111 Å². The number of aryl methyl sites for hydroxylation is 1. The molecule has 1 aromatic carbocycles. The van der Waals surface area contributed by atoms with E-state index in [0.29, 0.717) is 0 Å². The molecule has 0 atom stereocenters. The van der Waals surface area contributed by atoms with Gasteiger partial charge in [0.1, 0.15) is 17.7 Å². The lowest BCUT2D eigenvalue weighted by molar-refractivity contribution is 0.880. The SMILES string of the molecule is Cc1cnn(-c2ccc(NC=C(C#N)C#N)cc2)c1. The fraction of sp³-hybridized carbons (Fsp3) is 0.0714. The summed E-state index contributed by atoms with van der Waals surface area (Å²) in [5.74, 6) is 0. The van der Waals surface area contributed by atoms with E-state index < -0.39 is 0 Å². The summed E-state index contributed by atoms with van der Waals surface area (Å²) in [6, 6.07) is 11.1. The number of allylic oxidation sites excluding steroid dienone is 1. The summed E-state index contributed by atoms with van der Waals surface area (Å²) >= 11 is 0. The Hall–Kier alpha value is -3.05. The summed E-state index contributed by atoms with van der Waals surface area (Å²) < 4.78 is 1.78. The number of benzene rings is 1. The molecule has 0 unspecified atom stereocenters. The minimum atomic E-state index is 0.0341. The highest BCUT2D eigenvalue weighted by molar-refractivity contribution is 5.52. The lowest BCUT2D eigenvalue weighted by Crippen LogP contribution is -1.95. The van der Waals surface area contributed by atoms with Crippen molar-refractivity contribution in [3.05, 3.63) is 54.0 Å². The Kier molecular flexibility index (Phi) is 3.61. The molecule has 1 aromatic heterocycles. The molecule has 0 bridgehead atoms. The van der Waals surface area contributed by atoms with E-state index in [1.165, 1.54) is 6.20 Å². The van der Waals surface area contributed by atoms with Crippen LogP contribution in [0.15, 0.2) is 48.4 Å². The van der Waals surface area contributed by atoms with Gasteiger partial charge in [0, 0.05) is 18.1 Å². The van der Waals surface area contributed by atoms with Crippen LogP contribution in [0.1, 0.15) is 5.56 Å². The number of anilines is 1. The van der Waals surface area contributed by atoms with Gasteiger partial charge in [-0.3, -0.25) is 0 Å². The predicted octanol–water partition coefficient (Wildman–Crippen LogP) is 2.52. The summed E-state index contributed by atoms with van der Waals surface area (Å²) in [7, 11) is 0. The van der Waals surface area contributed by atoms with Crippen molar-refractivity contribution in [2.75, 3.05) is 5.32 Å². The highest BCUT2D eigenvalue weighted by atomic mass is 15.3. The van der Waals surface area contributed by atoms with Crippen LogP contribution in [0.3, 0.4) is 0 Å². The van der Waals surface area contributed by atoms with Crippen LogP contribution >= 0.6 is 0 Å². The fourth-order valence-electron chi connectivity index (χ4n) is 1.51. The molecule has 2 aromatic rings. The quantitative estimate of drug-likeness (QED) is 0.848. The first-order chi connectivity index (χ1) is 9.22. The largest absolute Gasteiger partial charge is 0.360 e. The zero-order chi connectivity index (χ0) is 13.7. The van der Waals surface area contributed by atoms with Crippen LogP contribution in [0.4, 0.5) is 5.69 Å². The number of rotatable bonds is 3. The van der Waals surface area contributed by atoms with Gasteiger partial charge in [-0.15, -0.1) is 0 Å². The first-order valence-electron chi connectivity index (χ1n) is 5.61. The number of nitrogens with zero attached hydrogens (tertiary/aromatic N) is 4. The average Bonchev–Trinajstić information content (AvgIpc) is 2.87. The highest BCUT2D eigenvalue weighted by Gasteiger charge is 1.98. The standard InChI is InChI=1S/C14H11N5/c1-11-8-18-19(10-11)14-4-2-13(3-5-14)17-9-12(6-15)7-16/h2-5,8-10,17H,1H3. The lowest BCUT2D eigenvalue weighted by Gasteiger charge is -2.04. The Balaban J connectivity index is 2.14. The van der Waals surface area contributed by atoms with E-state index in [2.05, 4.69) is 10.4 Å². The maximum absolute atomic E-state index is 8.61. The van der Waals surface area contributed by atoms with Crippen LogP contribution in [0.5, 0.6) is 0 Å². The molecule has 1 heterocycles. The van der Waals surface area contributed by atoms with Crippen molar-refractivity contribution in [1.29, 1.82) is 10.5 Å². The maximum atomic E-state index is 8.61. The highest BCUT2D eigenvalue weighted by Crippen LogP contribution is 2.13. The Morgan fingerprint density at radius 2 is 1.95 bits per heavy atom. The minimum absolute atomic E-state index is 0.0341. The van der Waals surface area contributed by atoms with Crippen LogP contribution < -0.4 is 5.32 Å². The van der Waals surface area contributed by atoms with Crippen LogP contribution in [-0.4, -0.2) is 9.78 Å². The summed E-state index contributed by atoms with van der Waals surface area (Å²) in [5.41, 5.74) is 2.88. The van der Waals surface area contributed by atoms with Gasteiger partial charge in [0.2, 0.25) is 0 Å². The Morgan fingerprint density at radius 3 is 2.47 bits per heavy atom. The topological polar surface area (TPSA) is 77.4 Å². The van der Waals surface area contributed by atoms with Gasteiger partial charge in [0.25, 0.3) is 0 Å². The van der Waals surface area contributed by atoms with Crippen LogP contribution in [0.25, 0.3) is 5.69 Å². The van der Waals surface area contributed by atoms with E-state index in [1.807, 2.05) is 37.4 Å². The molecule has 19 heavy (non-hydrogen) atoms. The number of nitrogens with one attached hydrogen (secondary N) is 1. The molecule has 0 amide bonds. The molecule has 92 valence electrons. The van der Waals surface area contributed by atoms with Crippen molar-refractivity contribution in [2.24, 2.45) is 0 Å². The van der Waals surface area contributed by atoms with Crippen molar-refractivity contribution < 1.29 is 0 Å². The zero-order valence-electron chi connectivity index (χ0n) is 10.3. The van der Waals surface area contributed by atoms with Crippen molar-refractivity contribution in [2.45, 2.75) is 6.92 Å². The number of hydrogen-bond acceptors (Lipinski definition) is 4. The van der Waals surface area contributed by atoms with E-state index in [4.69, 9.17) is 10.5 Å². The van der Waals surface area contributed by atoms with Gasteiger partial charge in [-0.25, -0.2) is 4.68 Å². The van der Waals surface area contributed by atoms with Crippen LogP contribution in [-0.2, 0) is 0 Å². The average molecular weight is 249 g/mol. The van der Waals surface area contributed by atoms with E-state index in [1.54, 1.807) is 23.0 Å². The second-order valence-electron chi connectivity index (χ2n) is 3.94. The minimum Gasteiger partial charge on any atom is -0.360 e. The molecule has 0 aliphatic carbocycles. The van der Waals surface area contributed by atoms with Gasteiger partial charge in [-0.1, -0.05) is 0 Å². The van der Waals surface area contributed by atoms with Crippen molar-refractivity contribution in [3.8, 4) is 17.8 Å². The van der Waals surface area contributed by atoms with Gasteiger partial charge < -0.3 is 5.32 Å². The van der Waals surface area contributed by atoms with Crippen molar-refractivity contribution in [1.82, 2.24) is 9.78 Å². The second-order valence-corrected chi connectivity index (χ2v) is 3.94. The molecular formula is C14H11N5. The molecule has 1 N–H and O–H groups in total. The van der Waals surface area contributed by atoms with Gasteiger partial charge in [0.15, 0.2) is 0 Å². The molecule has 0 saturated heterocycles. The zero-order valence-corrected chi connectivity index (χ0v) is 10.3. The first-order valence-corrected chi connectivity index (χ1v) is 5.61. The van der Waals surface area contributed by atoms with Crippen molar-refractivity contribution >= 4 is 5.69 Å². The third-order valence-electron chi connectivity index (χ3n) is 2.47. The molecular weight excluding hydrogens is 238 g/mol. The molecule has 2 rings (SSSR count). The van der Waals surface area contributed by atoms with Gasteiger partial charge in [0.05, 0.1) is 11.9 Å². The molecule has 0 radical (unpaired) electrons. The number of hydrogen-bond donors (Lipinski definition) is 1. The van der Waals surface area contributed by atoms with Crippen LogP contribution in [0.2, 0.25) is 0 Å². The molecule has 5 heteroatoms. The molecule has 0 aliphatic rings. The molecule has 5 nitrogen and oxygen atoms in total. The van der Waals surface area contributed by atoms with E-state index in [0.717, 1.165) is 16.9 Å². The van der Waals surface area contributed by atoms with Gasteiger partial charge in [-0.2, -0.15) is 15.6 Å². The third-order valence-corrected chi connectivity index (χ3v) is 2.47. The smallest absolute Gasteiger partial charge is 0.145 e. The molecule has 0 aliphatic heterocycles. The Morgan fingerprint density at radius 1 is 1.26 bits per heavy atom. The van der Waals surface area contributed by atoms with E-state index >= 15 is 0 Å². The molecule has 0 fully saturated rings.